The van der Waals surface area contributed by atoms with Crippen LogP contribution in [0.5, 0.6) is 0 Å². The molecule has 6 nitrogen and oxygen atoms in total. The Morgan fingerprint density at radius 1 is 1.57 bits per heavy atom. The van der Waals surface area contributed by atoms with Crippen molar-refractivity contribution in [2.45, 2.75) is 38.9 Å². The summed E-state index contributed by atoms with van der Waals surface area (Å²) >= 11 is 6.78. The van der Waals surface area contributed by atoms with Crippen LogP contribution in [0.1, 0.15) is 26.2 Å². The van der Waals surface area contributed by atoms with Crippen LogP contribution in [0.2, 0.25) is 0 Å². The first kappa shape index (κ1) is 16.5. The Kier molecular flexibility index (Phi) is 5.86. The van der Waals surface area contributed by atoms with Gasteiger partial charge in [-0.3, -0.25) is 14.6 Å². The molecule has 21 heavy (non-hydrogen) atoms. The average Bonchev–Trinajstić information content (AvgIpc) is 3.16. The molecule has 1 aromatic heterocycles. The molecule has 1 aliphatic rings. The molecule has 8 heteroatoms. The summed E-state index contributed by atoms with van der Waals surface area (Å²) in [6.07, 6.45) is 3.09. The number of rotatable bonds is 8. The van der Waals surface area contributed by atoms with Gasteiger partial charge in [0.15, 0.2) is 3.95 Å². The van der Waals surface area contributed by atoms with Gasteiger partial charge in [0.25, 0.3) is 0 Å². The molecule has 1 aromatic rings. The Bertz CT molecular complexity index is 539. The first-order valence-corrected chi connectivity index (χ1v) is 8.30. The average molecular weight is 330 g/mol. The van der Waals surface area contributed by atoms with Crippen LogP contribution < -0.4 is 4.90 Å². The number of ether oxygens (including phenoxy) is 1. The second-order valence-electron chi connectivity index (χ2n) is 5.34. The summed E-state index contributed by atoms with van der Waals surface area (Å²) in [6, 6.07) is 0.316. The maximum Gasteiger partial charge on any atom is 0.225 e. The Morgan fingerprint density at radius 3 is 2.86 bits per heavy atom. The standard InChI is InChI=1S/C13H22N4O2S2/c1-10(18)17(11-5-6-11)12-14-16(13(20)21-12)9-15(2)7-4-8-19-3/h11H,4-9H2,1-3H3. The zero-order chi connectivity index (χ0) is 15.4. The lowest BCUT2D eigenvalue weighted by molar-refractivity contribution is -0.116. The lowest BCUT2D eigenvalue weighted by Gasteiger charge is -2.17. The highest BCUT2D eigenvalue weighted by atomic mass is 32.1. The van der Waals surface area contributed by atoms with Gasteiger partial charge in [-0.1, -0.05) is 11.3 Å². The third kappa shape index (κ3) is 4.57. The Morgan fingerprint density at radius 2 is 2.29 bits per heavy atom. The molecule has 0 bridgehead atoms. The van der Waals surface area contributed by atoms with Gasteiger partial charge in [0.05, 0.1) is 6.67 Å². The van der Waals surface area contributed by atoms with Crippen LogP contribution in [0.25, 0.3) is 0 Å². The predicted molar refractivity (Wildman–Crippen MR) is 86.2 cm³/mol. The number of nitrogens with zero attached hydrogens (tertiary/aromatic N) is 4. The maximum absolute atomic E-state index is 11.8. The summed E-state index contributed by atoms with van der Waals surface area (Å²) in [5.74, 6) is 0.0434. The second kappa shape index (κ2) is 7.44. The van der Waals surface area contributed by atoms with Crippen molar-refractivity contribution in [3.8, 4) is 0 Å². The van der Waals surface area contributed by atoms with Gasteiger partial charge in [0.2, 0.25) is 11.0 Å². The van der Waals surface area contributed by atoms with Gasteiger partial charge in [0.1, 0.15) is 0 Å². The summed E-state index contributed by atoms with van der Waals surface area (Å²) < 4.78 is 7.55. The van der Waals surface area contributed by atoms with Crippen LogP contribution in [0, 0.1) is 3.95 Å². The highest BCUT2D eigenvalue weighted by Crippen LogP contribution is 2.33. The molecular formula is C13H22N4O2S2. The largest absolute Gasteiger partial charge is 0.385 e. The molecule has 1 heterocycles. The monoisotopic (exact) mass is 330 g/mol. The Hall–Kier alpha value is -0.830. The van der Waals surface area contributed by atoms with Crippen LogP contribution in [0.15, 0.2) is 0 Å². The van der Waals surface area contributed by atoms with Crippen molar-refractivity contribution in [2.75, 3.05) is 32.2 Å². The van der Waals surface area contributed by atoms with Crippen molar-refractivity contribution >= 4 is 34.6 Å². The van der Waals surface area contributed by atoms with Crippen molar-refractivity contribution in [3.05, 3.63) is 3.95 Å². The van der Waals surface area contributed by atoms with E-state index in [0.717, 1.165) is 37.5 Å². The van der Waals surface area contributed by atoms with Crippen molar-refractivity contribution in [1.29, 1.82) is 0 Å². The van der Waals surface area contributed by atoms with E-state index in [9.17, 15) is 4.79 Å². The third-order valence-corrected chi connectivity index (χ3v) is 4.62. The summed E-state index contributed by atoms with van der Waals surface area (Å²) in [7, 11) is 3.73. The number of hydrogen-bond donors (Lipinski definition) is 0. The van der Waals surface area contributed by atoms with Crippen molar-refractivity contribution in [3.63, 3.8) is 0 Å². The fraction of sp³-hybridized carbons (Fsp3) is 0.769. The number of amides is 1. The fourth-order valence-corrected chi connectivity index (χ4v) is 3.34. The maximum atomic E-state index is 11.8. The molecule has 0 aromatic carbocycles. The smallest absolute Gasteiger partial charge is 0.225 e. The van der Waals surface area contributed by atoms with Crippen LogP contribution in [-0.4, -0.2) is 53.9 Å². The van der Waals surface area contributed by atoms with Gasteiger partial charge in [-0.2, -0.15) is 0 Å². The van der Waals surface area contributed by atoms with Gasteiger partial charge in [0, 0.05) is 33.2 Å². The van der Waals surface area contributed by atoms with Crippen LogP contribution in [0.3, 0.4) is 0 Å². The van der Waals surface area contributed by atoms with Crippen molar-refractivity contribution < 1.29 is 9.53 Å². The number of anilines is 1. The van der Waals surface area contributed by atoms with E-state index in [1.807, 2.05) is 7.05 Å². The van der Waals surface area contributed by atoms with Crippen LogP contribution in [-0.2, 0) is 16.2 Å². The summed E-state index contributed by atoms with van der Waals surface area (Å²) in [5.41, 5.74) is 0. The molecule has 2 rings (SSSR count). The Balaban J connectivity index is 2.01. The normalized spacial score (nSPS) is 14.7. The third-order valence-electron chi connectivity index (χ3n) is 3.32. The minimum absolute atomic E-state index is 0.0434. The summed E-state index contributed by atoms with van der Waals surface area (Å²) in [5, 5.41) is 5.25. The van der Waals surface area contributed by atoms with E-state index < -0.39 is 0 Å². The molecule has 0 atom stereocenters. The lowest BCUT2D eigenvalue weighted by atomic mass is 10.4. The molecule has 1 aliphatic carbocycles. The van der Waals surface area contributed by atoms with Gasteiger partial charge in [-0.15, -0.1) is 5.10 Å². The van der Waals surface area contributed by atoms with E-state index in [1.165, 1.54) is 11.3 Å². The zero-order valence-electron chi connectivity index (χ0n) is 12.7. The molecule has 0 saturated heterocycles. The fourth-order valence-electron chi connectivity index (χ4n) is 2.14. The van der Waals surface area contributed by atoms with E-state index in [1.54, 1.807) is 23.6 Å². The Labute approximate surface area is 134 Å². The predicted octanol–water partition coefficient (Wildman–Crippen LogP) is 2.12. The van der Waals surface area contributed by atoms with Crippen molar-refractivity contribution in [2.24, 2.45) is 0 Å². The van der Waals surface area contributed by atoms with Crippen molar-refractivity contribution in [1.82, 2.24) is 14.7 Å². The van der Waals surface area contributed by atoms with Gasteiger partial charge in [-0.05, 0) is 38.5 Å². The molecule has 118 valence electrons. The first-order valence-electron chi connectivity index (χ1n) is 7.08. The topological polar surface area (TPSA) is 50.6 Å². The van der Waals surface area contributed by atoms with Gasteiger partial charge >= 0.3 is 0 Å². The van der Waals surface area contributed by atoms with E-state index in [-0.39, 0.29) is 5.91 Å². The van der Waals surface area contributed by atoms with E-state index in [0.29, 0.717) is 16.7 Å². The van der Waals surface area contributed by atoms with Crippen LogP contribution >= 0.6 is 23.6 Å². The quantitative estimate of drug-likeness (QED) is 0.540. The highest BCUT2D eigenvalue weighted by molar-refractivity contribution is 7.73. The van der Waals surface area contributed by atoms with E-state index in [2.05, 4.69) is 10.00 Å². The van der Waals surface area contributed by atoms with Gasteiger partial charge < -0.3 is 4.74 Å². The number of aromatic nitrogens is 2. The molecule has 0 spiro atoms. The molecule has 1 amide bonds. The molecule has 0 aliphatic heterocycles. The zero-order valence-corrected chi connectivity index (χ0v) is 14.4. The van der Waals surface area contributed by atoms with E-state index in [4.69, 9.17) is 17.0 Å². The number of carbonyl (C=O) groups excluding carboxylic acids is 1. The minimum atomic E-state index is 0.0434. The number of methoxy groups -OCH3 is 1. The summed E-state index contributed by atoms with van der Waals surface area (Å²) in [4.78, 5) is 15.7. The molecule has 1 fully saturated rings. The first-order chi connectivity index (χ1) is 10.0. The molecule has 1 saturated carbocycles. The van der Waals surface area contributed by atoms with E-state index >= 15 is 0 Å². The molecular weight excluding hydrogens is 308 g/mol. The SMILES string of the molecule is COCCCN(C)Cn1nc(N(C(C)=O)C2CC2)sc1=S. The molecule has 0 N–H and O–H groups in total. The highest BCUT2D eigenvalue weighted by Gasteiger charge is 2.34. The molecule has 0 radical (unpaired) electrons. The minimum Gasteiger partial charge on any atom is -0.385 e. The lowest BCUT2D eigenvalue weighted by Crippen LogP contribution is -2.31. The van der Waals surface area contributed by atoms with Gasteiger partial charge in [-0.25, -0.2) is 4.68 Å². The second-order valence-corrected chi connectivity index (χ2v) is 6.94. The number of carbonyl (C=O) groups is 1. The molecule has 0 unspecified atom stereocenters. The van der Waals surface area contributed by atoms with Crippen LogP contribution in [0.4, 0.5) is 5.13 Å². The summed E-state index contributed by atoms with van der Waals surface area (Å²) in [6.45, 7) is 3.89. The number of hydrogen-bond acceptors (Lipinski definition) is 6.